The highest BCUT2D eigenvalue weighted by Gasteiger charge is 2.18. The first kappa shape index (κ1) is 8.57. The van der Waals surface area contributed by atoms with Gasteiger partial charge in [0.1, 0.15) is 5.75 Å². The van der Waals surface area contributed by atoms with Crippen LogP contribution in [0.25, 0.3) is 0 Å². The van der Waals surface area contributed by atoms with Crippen LogP contribution < -0.4 is 4.74 Å². The molecule has 0 spiro atoms. The quantitative estimate of drug-likeness (QED) is 0.705. The van der Waals surface area contributed by atoms with Gasteiger partial charge in [-0.2, -0.15) is 0 Å². The number of benzene rings is 1. The van der Waals surface area contributed by atoms with Gasteiger partial charge in [-0.05, 0) is 18.6 Å². The third-order valence-electron chi connectivity index (χ3n) is 2.28. The Morgan fingerprint density at radius 2 is 2.15 bits per heavy atom. The summed E-state index contributed by atoms with van der Waals surface area (Å²) in [5.74, 6) is 1.59. The summed E-state index contributed by atoms with van der Waals surface area (Å²) >= 11 is 0. The molecule has 1 heterocycles. The molecule has 2 nitrogen and oxygen atoms in total. The molecule has 0 amide bonds. The van der Waals surface area contributed by atoms with E-state index in [1.807, 2.05) is 18.2 Å². The van der Waals surface area contributed by atoms with Gasteiger partial charge < -0.3 is 9.47 Å². The van der Waals surface area contributed by atoms with E-state index in [-0.39, 0.29) is 0 Å². The molecule has 1 aromatic rings. The summed E-state index contributed by atoms with van der Waals surface area (Å²) in [6.45, 7) is 4.55. The van der Waals surface area contributed by atoms with Crippen LogP contribution in [0.2, 0.25) is 0 Å². The predicted molar refractivity (Wildman–Crippen MR) is 51.0 cm³/mol. The second kappa shape index (κ2) is 3.79. The van der Waals surface area contributed by atoms with Crippen LogP contribution in [0.1, 0.15) is 5.56 Å². The monoisotopic (exact) mass is 178 g/mol. The predicted octanol–water partition coefficient (Wildman–Crippen LogP) is 2.02. The van der Waals surface area contributed by atoms with Gasteiger partial charge in [0.05, 0.1) is 19.8 Å². The number of hydrogen-bond donors (Lipinski definition) is 0. The fourth-order valence-electron chi connectivity index (χ4n) is 1.31. The van der Waals surface area contributed by atoms with Crippen LogP contribution in [-0.2, 0) is 4.74 Å². The molecule has 0 bridgehead atoms. The number of para-hydroxylation sites is 1. The maximum Gasteiger partial charge on any atom is 0.122 e. The van der Waals surface area contributed by atoms with Crippen molar-refractivity contribution in [3.05, 3.63) is 29.8 Å². The summed E-state index contributed by atoms with van der Waals surface area (Å²) in [5.41, 5.74) is 1.20. The highest BCUT2D eigenvalue weighted by atomic mass is 16.5. The first-order valence-corrected chi connectivity index (χ1v) is 4.62. The minimum absolute atomic E-state index is 0.597. The van der Waals surface area contributed by atoms with E-state index in [4.69, 9.17) is 9.47 Å². The van der Waals surface area contributed by atoms with Crippen molar-refractivity contribution in [2.24, 2.45) is 5.92 Å². The summed E-state index contributed by atoms with van der Waals surface area (Å²) in [6, 6.07) is 8.09. The molecule has 0 unspecified atom stereocenters. The van der Waals surface area contributed by atoms with Crippen molar-refractivity contribution in [2.45, 2.75) is 6.92 Å². The molecule has 0 atom stereocenters. The Hall–Kier alpha value is -1.02. The van der Waals surface area contributed by atoms with Gasteiger partial charge in [-0.1, -0.05) is 18.2 Å². The van der Waals surface area contributed by atoms with E-state index in [1.165, 1.54) is 5.56 Å². The van der Waals surface area contributed by atoms with Crippen LogP contribution in [0.3, 0.4) is 0 Å². The van der Waals surface area contributed by atoms with Gasteiger partial charge >= 0.3 is 0 Å². The highest BCUT2D eigenvalue weighted by molar-refractivity contribution is 5.31. The number of hydrogen-bond acceptors (Lipinski definition) is 2. The van der Waals surface area contributed by atoms with Gasteiger partial charge in [0.25, 0.3) is 0 Å². The van der Waals surface area contributed by atoms with Crippen molar-refractivity contribution in [1.29, 1.82) is 0 Å². The van der Waals surface area contributed by atoms with Crippen LogP contribution >= 0.6 is 0 Å². The Balaban J connectivity index is 1.89. The van der Waals surface area contributed by atoms with Crippen molar-refractivity contribution in [3.8, 4) is 5.75 Å². The van der Waals surface area contributed by atoms with E-state index >= 15 is 0 Å². The molecular weight excluding hydrogens is 164 g/mol. The van der Waals surface area contributed by atoms with Crippen LogP contribution in [0.5, 0.6) is 5.75 Å². The number of ether oxygens (including phenoxy) is 2. The molecular formula is C11H14O2. The zero-order valence-corrected chi connectivity index (χ0v) is 7.82. The lowest BCUT2D eigenvalue weighted by Gasteiger charge is -2.26. The van der Waals surface area contributed by atoms with E-state index in [0.29, 0.717) is 5.92 Å². The second-order valence-electron chi connectivity index (χ2n) is 3.48. The number of rotatable bonds is 3. The van der Waals surface area contributed by atoms with Crippen molar-refractivity contribution in [1.82, 2.24) is 0 Å². The molecule has 1 aliphatic rings. The maximum atomic E-state index is 5.66. The highest BCUT2D eigenvalue weighted by Crippen LogP contribution is 2.18. The summed E-state index contributed by atoms with van der Waals surface area (Å²) in [7, 11) is 0. The molecule has 0 aromatic heterocycles. The van der Waals surface area contributed by atoms with Crippen LogP contribution in [0, 0.1) is 12.8 Å². The van der Waals surface area contributed by atoms with Crippen LogP contribution in [0.4, 0.5) is 0 Å². The van der Waals surface area contributed by atoms with E-state index in [1.54, 1.807) is 0 Å². The average Bonchev–Trinajstić information content (AvgIpc) is 2.05. The molecule has 70 valence electrons. The lowest BCUT2D eigenvalue weighted by molar-refractivity contribution is -0.0509. The van der Waals surface area contributed by atoms with E-state index in [9.17, 15) is 0 Å². The lowest BCUT2D eigenvalue weighted by Crippen LogP contribution is -2.32. The van der Waals surface area contributed by atoms with Crippen LogP contribution in [-0.4, -0.2) is 19.8 Å². The van der Waals surface area contributed by atoms with E-state index in [0.717, 1.165) is 25.6 Å². The summed E-state index contributed by atoms with van der Waals surface area (Å²) in [5, 5.41) is 0. The van der Waals surface area contributed by atoms with Gasteiger partial charge in [-0.3, -0.25) is 0 Å². The Kier molecular flexibility index (Phi) is 2.50. The second-order valence-corrected chi connectivity index (χ2v) is 3.48. The van der Waals surface area contributed by atoms with Crippen molar-refractivity contribution in [2.75, 3.05) is 19.8 Å². The zero-order chi connectivity index (χ0) is 9.10. The van der Waals surface area contributed by atoms with Crippen molar-refractivity contribution < 1.29 is 9.47 Å². The van der Waals surface area contributed by atoms with Crippen molar-refractivity contribution in [3.63, 3.8) is 0 Å². The van der Waals surface area contributed by atoms with Gasteiger partial charge in [-0.15, -0.1) is 0 Å². The maximum absolute atomic E-state index is 5.66. The standard InChI is InChI=1S/C11H14O2/c1-9-4-2-3-5-11(9)13-8-10-6-12-7-10/h2-5,10H,6-8H2,1H3. The Morgan fingerprint density at radius 3 is 2.77 bits per heavy atom. The minimum atomic E-state index is 0.597. The van der Waals surface area contributed by atoms with Gasteiger partial charge in [-0.25, -0.2) is 0 Å². The fourth-order valence-corrected chi connectivity index (χ4v) is 1.31. The van der Waals surface area contributed by atoms with E-state index in [2.05, 4.69) is 13.0 Å². The molecule has 0 N–H and O–H groups in total. The molecule has 0 saturated carbocycles. The smallest absolute Gasteiger partial charge is 0.122 e. The normalized spacial score (nSPS) is 16.7. The molecule has 1 fully saturated rings. The Morgan fingerprint density at radius 1 is 1.38 bits per heavy atom. The number of aryl methyl sites for hydroxylation is 1. The van der Waals surface area contributed by atoms with Crippen molar-refractivity contribution >= 4 is 0 Å². The van der Waals surface area contributed by atoms with Gasteiger partial charge in [0, 0.05) is 5.92 Å². The summed E-state index contributed by atoms with van der Waals surface area (Å²) < 4.78 is 10.7. The molecule has 2 rings (SSSR count). The minimum Gasteiger partial charge on any atom is -0.493 e. The fraction of sp³-hybridized carbons (Fsp3) is 0.455. The third-order valence-corrected chi connectivity index (χ3v) is 2.28. The largest absolute Gasteiger partial charge is 0.493 e. The SMILES string of the molecule is Cc1ccccc1OCC1COC1. The summed E-state index contributed by atoms with van der Waals surface area (Å²) in [6.07, 6.45) is 0. The summed E-state index contributed by atoms with van der Waals surface area (Å²) in [4.78, 5) is 0. The zero-order valence-electron chi connectivity index (χ0n) is 7.82. The molecule has 0 aliphatic carbocycles. The topological polar surface area (TPSA) is 18.5 Å². The van der Waals surface area contributed by atoms with Gasteiger partial charge in [0.15, 0.2) is 0 Å². The van der Waals surface area contributed by atoms with Gasteiger partial charge in [0.2, 0.25) is 0 Å². The third kappa shape index (κ3) is 2.01. The molecule has 1 saturated heterocycles. The lowest BCUT2D eigenvalue weighted by atomic mass is 10.1. The molecule has 1 aliphatic heterocycles. The Labute approximate surface area is 78.5 Å². The molecule has 0 radical (unpaired) electrons. The first-order chi connectivity index (χ1) is 6.36. The molecule has 1 aromatic carbocycles. The van der Waals surface area contributed by atoms with E-state index < -0.39 is 0 Å². The average molecular weight is 178 g/mol. The van der Waals surface area contributed by atoms with Crippen LogP contribution in [0.15, 0.2) is 24.3 Å². The molecule has 2 heteroatoms. The Bertz CT molecular complexity index is 279. The first-order valence-electron chi connectivity index (χ1n) is 4.62. The molecule has 13 heavy (non-hydrogen) atoms.